The van der Waals surface area contributed by atoms with E-state index in [9.17, 15) is 18.0 Å². The van der Waals surface area contributed by atoms with Gasteiger partial charge < -0.3 is 20.0 Å². The molecule has 1 fully saturated rings. The summed E-state index contributed by atoms with van der Waals surface area (Å²) in [5.41, 5.74) is -2.92. The second-order valence-corrected chi connectivity index (χ2v) is 9.16. The number of rotatable bonds is 6. The van der Waals surface area contributed by atoms with E-state index in [0.29, 0.717) is 23.5 Å². The Kier molecular flexibility index (Phi) is 7.46. The van der Waals surface area contributed by atoms with Crippen molar-refractivity contribution < 1.29 is 27.3 Å². The molecule has 0 spiro atoms. The molecule has 2 unspecified atom stereocenters. The lowest BCUT2D eigenvalue weighted by Gasteiger charge is -2.27. The number of carbonyl (C=O) groups excluding carboxylic acids is 1. The van der Waals surface area contributed by atoms with Crippen LogP contribution in [0.4, 0.5) is 13.2 Å². The fourth-order valence-corrected chi connectivity index (χ4v) is 4.52. The Labute approximate surface area is 197 Å². The molecule has 2 atom stereocenters. The quantitative estimate of drug-likeness (QED) is 0.327. The van der Waals surface area contributed by atoms with Crippen molar-refractivity contribution in [2.45, 2.75) is 31.2 Å². The van der Waals surface area contributed by atoms with Crippen LogP contribution < -0.4 is 5.32 Å². The third kappa shape index (κ3) is 5.40. The number of benzene rings is 2. The van der Waals surface area contributed by atoms with Gasteiger partial charge in [0.25, 0.3) is 11.5 Å². The van der Waals surface area contributed by atoms with Crippen LogP contribution in [0.15, 0.2) is 36.4 Å². The fourth-order valence-electron chi connectivity index (χ4n) is 3.29. The van der Waals surface area contributed by atoms with Gasteiger partial charge >= 0.3 is 6.18 Å². The van der Waals surface area contributed by atoms with E-state index in [4.69, 9.17) is 37.9 Å². The number of carbonyl (C=O) groups is 1. The molecular formula is C21H20Cl2F3N2O3S+. The molecule has 0 radical (unpaired) electrons. The zero-order valence-electron chi connectivity index (χ0n) is 16.8. The van der Waals surface area contributed by atoms with Gasteiger partial charge in [-0.1, -0.05) is 29.3 Å². The van der Waals surface area contributed by atoms with Crippen LogP contribution in [0.25, 0.3) is 0 Å². The molecule has 1 amide bonds. The zero-order valence-corrected chi connectivity index (χ0v) is 19.1. The van der Waals surface area contributed by atoms with Gasteiger partial charge in [-0.3, -0.25) is 4.79 Å². The van der Waals surface area contributed by atoms with Crippen molar-refractivity contribution in [2.24, 2.45) is 0 Å². The molecule has 3 rings (SSSR count). The molecule has 172 valence electrons. The van der Waals surface area contributed by atoms with E-state index in [1.807, 2.05) is 0 Å². The average molecular weight is 508 g/mol. The van der Waals surface area contributed by atoms with Crippen LogP contribution >= 0.6 is 35.2 Å². The minimum atomic E-state index is -4.98. The first kappa shape index (κ1) is 24.9. The van der Waals surface area contributed by atoms with Gasteiger partial charge in [0.15, 0.2) is 0 Å². The lowest BCUT2D eigenvalue weighted by atomic mass is 9.85. The Balaban J connectivity index is 1.85. The second kappa shape index (κ2) is 9.61. The van der Waals surface area contributed by atoms with E-state index < -0.39 is 29.5 Å². The highest BCUT2D eigenvalue weighted by Gasteiger charge is 2.61. The first-order valence-electron chi connectivity index (χ1n) is 9.43. The second-order valence-electron chi connectivity index (χ2n) is 7.49. The van der Waals surface area contributed by atoms with Crippen molar-refractivity contribution in [2.75, 3.05) is 12.4 Å². The van der Waals surface area contributed by atoms with E-state index in [1.54, 1.807) is 6.92 Å². The average Bonchev–Trinajstić information content (AvgIpc) is 3.19. The minimum absolute atomic E-state index is 0.0304. The molecule has 0 aliphatic carbocycles. The van der Waals surface area contributed by atoms with Crippen molar-refractivity contribution in [1.82, 2.24) is 5.32 Å². The predicted octanol–water partition coefficient (Wildman–Crippen LogP) is 5.02. The number of hydrogen-bond donors (Lipinski definition) is 2. The van der Waals surface area contributed by atoms with E-state index in [2.05, 4.69) is 5.32 Å². The van der Waals surface area contributed by atoms with Crippen LogP contribution in [0.5, 0.6) is 0 Å². The molecule has 5 nitrogen and oxygen atoms in total. The molecule has 1 saturated heterocycles. The molecule has 0 aromatic heterocycles. The third-order valence-electron chi connectivity index (χ3n) is 5.06. The number of nitrogens with one attached hydrogen (secondary N) is 2. The lowest BCUT2D eigenvalue weighted by Crippen LogP contribution is -2.44. The summed E-state index contributed by atoms with van der Waals surface area (Å²) in [5.74, 6) is 0.305. The topological polar surface area (TPSA) is 85.1 Å². The van der Waals surface area contributed by atoms with Gasteiger partial charge in [0, 0.05) is 32.6 Å². The summed E-state index contributed by atoms with van der Waals surface area (Å²) in [6, 6.07) is 7.57. The molecule has 32 heavy (non-hydrogen) atoms. The molecule has 0 saturated carbocycles. The lowest BCUT2D eigenvalue weighted by molar-refractivity contribution is -0.263. The van der Waals surface area contributed by atoms with Crippen LogP contribution in [0.2, 0.25) is 10.0 Å². The number of aryl methyl sites for hydroxylation is 1. The first-order valence-corrected chi connectivity index (χ1v) is 11.1. The number of amides is 1. The van der Waals surface area contributed by atoms with Gasteiger partial charge in [0.1, 0.15) is 0 Å². The smallest absolute Gasteiger partial charge is 0.430 e. The Hall–Kier alpha value is -1.78. The van der Waals surface area contributed by atoms with Crippen LogP contribution in [0.1, 0.15) is 33.5 Å². The summed E-state index contributed by atoms with van der Waals surface area (Å²) < 4.78 is 47.0. The summed E-state index contributed by atoms with van der Waals surface area (Å²) in [6.07, 6.45) is -5.93. The largest absolute Gasteiger partial charge is 0.470 e. The number of halogens is 5. The van der Waals surface area contributed by atoms with Crippen molar-refractivity contribution in [1.29, 1.82) is 5.41 Å². The maximum Gasteiger partial charge on any atom is 0.470 e. The summed E-state index contributed by atoms with van der Waals surface area (Å²) in [6.45, 7) is 2.04. The summed E-state index contributed by atoms with van der Waals surface area (Å²) in [7, 11) is 0. The van der Waals surface area contributed by atoms with Gasteiger partial charge in [-0.2, -0.15) is 13.2 Å². The van der Waals surface area contributed by atoms with Crippen LogP contribution in [0, 0.1) is 12.3 Å². The number of hydrogen-bond acceptors (Lipinski definition) is 4. The third-order valence-corrected chi connectivity index (χ3v) is 6.34. The van der Waals surface area contributed by atoms with Crippen molar-refractivity contribution >= 4 is 46.9 Å². The Morgan fingerprint density at radius 1 is 1.25 bits per heavy atom. The van der Waals surface area contributed by atoms with Crippen molar-refractivity contribution in [3.05, 3.63) is 68.7 Å². The summed E-state index contributed by atoms with van der Waals surface area (Å²) >= 11 is 13.0. The van der Waals surface area contributed by atoms with Gasteiger partial charge in [0.05, 0.1) is 19.1 Å². The molecule has 1 heterocycles. The van der Waals surface area contributed by atoms with E-state index in [1.165, 1.54) is 36.3 Å². The standard InChI is InChI=1S/C21H19Cl2F3N2O3S/c1-11-4-12(2-3-17(11)19(29)28-16-9-31-32-10-16)18(27)8-20(30,21(24,25)26)13-5-14(22)7-15(23)6-13/h2-7,16,27,30H,8-10H2,1H3,(H,28,29)/p+1. The summed E-state index contributed by atoms with van der Waals surface area (Å²) in [4.78, 5) is 12.5. The highest BCUT2D eigenvalue weighted by atomic mass is 35.5. The molecule has 4 N–H and O–H groups in total. The molecular weight excluding hydrogens is 488 g/mol. The molecule has 0 bridgehead atoms. The predicted molar refractivity (Wildman–Crippen MR) is 120 cm³/mol. The maximum absolute atomic E-state index is 13.9. The van der Waals surface area contributed by atoms with Gasteiger partial charge in [0.2, 0.25) is 0 Å². The van der Waals surface area contributed by atoms with Gasteiger partial charge in [-0.15, -0.1) is 0 Å². The fraction of sp³-hybridized carbons (Fsp3) is 0.333. The Bertz CT molecular complexity index is 1030. The van der Waals surface area contributed by atoms with Gasteiger partial charge in [-0.25, -0.2) is 0 Å². The molecule has 2 aromatic rings. The van der Waals surface area contributed by atoms with Crippen LogP contribution in [-0.4, -0.2) is 41.3 Å². The maximum atomic E-state index is 13.9. The van der Waals surface area contributed by atoms with E-state index in [0.717, 1.165) is 12.1 Å². The van der Waals surface area contributed by atoms with Crippen molar-refractivity contribution in [3.8, 4) is 0 Å². The zero-order chi connectivity index (χ0) is 23.7. The van der Waals surface area contributed by atoms with Gasteiger partial charge in [-0.05, 0) is 60.4 Å². The molecule has 1 aliphatic rings. The number of alkyl halides is 3. The van der Waals surface area contributed by atoms with E-state index in [-0.39, 0.29) is 27.6 Å². The minimum Gasteiger partial charge on any atom is -0.430 e. The molecule has 1 aliphatic heterocycles. The normalized spacial score (nSPS) is 18.3. The first-order chi connectivity index (χ1) is 14.9. The SMILES string of the molecule is Cc1cc(C(=N)CC([OH2+])(c2cc(Cl)cc(Cl)c2)C(F)(F)F)ccc1C(=O)NC1COSC1. The Morgan fingerprint density at radius 3 is 2.44 bits per heavy atom. The van der Waals surface area contributed by atoms with E-state index >= 15 is 0 Å². The highest BCUT2D eigenvalue weighted by molar-refractivity contribution is 7.94. The Morgan fingerprint density at radius 2 is 1.91 bits per heavy atom. The summed E-state index contributed by atoms with van der Waals surface area (Å²) in [5, 5.41) is 19.3. The monoisotopic (exact) mass is 507 g/mol. The van der Waals surface area contributed by atoms with Crippen LogP contribution in [-0.2, 0) is 9.78 Å². The molecule has 2 aromatic carbocycles. The highest BCUT2D eigenvalue weighted by Crippen LogP contribution is 2.43. The molecule has 11 heteroatoms. The van der Waals surface area contributed by atoms with Crippen molar-refractivity contribution in [3.63, 3.8) is 0 Å². The van der Waals surface area contributed by atoms with Crippen LogP contribution in [0.3, 0.4) is 0 Å².